The van der Waals surface area contributed by atoms with Crippen molar-refractivity contribution in [1.82, 2.24) is 4.98 Å². The summed E-state index contributed by atoms with van der Waals surface area (Å²) in [4.78, 5) is 26.0. The van der Waals surface area contributed by atoms with Gasteiger partial charge in [0.05, 0.1) is 16.9 Å². The Morgan fingerprint density at radius 3 is 2.42 bits per heavy atom. The Morgan fingerprint density at radius 1 is 1.00 bits per heavy atom. The van der Waals surface area contributed by atoms with E-state index >= 15 is 0 Å². The molecule has 1 amide bonds. The molecule has 122 valence electrons. The van der Waals surface area contributed by atoms with Crippen molar-refractivity contribution >= 4 is 22.7 Å². The monoisotopic (exact) mass is 328 g/mol. The van der Waals surface area contributed by atoms with Crippen LogP contribution in [0.25, 0.3) is 22.2 Å². The maximum absolute atomic E-state index is 12.2. The second-order valence-corrected chi connectivity index (χ2v) is 5.09. The number of benzene rings is 2. The number of hydrogen-bond donors (Lipinski definition) is 6. The highest BCUT2D eigenvalue weighted by atomic mass is 16.4. The van der Waals surface area contributed by atoms with Gasteiger partial charge in [0.2, 0.25) is 0 Å². The number of aromatic hydroxyl groups is 3. The summed E-state index contributed by atoms with van der Waals surface area (Å²) in [7, 11) is 0. The van der Waals surface area contributed by atoms with Gasteiger partial charge in [0.25, 0.3) is 0 Å². The van der Waals surface area contributed by atoms with Gasteiger partial charge in [-0.2, -0.15) is 0 Å². The Balaban J connectivity index is 2.28. The van der Waals surface area contributed by atoms with Crippen molar-refractivity contribution in [2.24, 2.45) is 0 Å². The van der Waals surface area contributed by atoms with E-state index in [2.05, 4.69) is 10.3 Å². The summed E-state index contributed by atoms with van der Waals surface area (Å²) in [5.41, 5.74) is 0.332. The number of carbonyl (C=O) groups is 1. The summed E-state index contributed by atoms with van der Waals surface area (Å²) < 4.78 is 0. The van der Waals surface area contributed by atoms with E-state index in [1.54, 1.807) is 0 Å². The van der Waals surface area contributed by atoms with Gasteiger partial charge in [-0.15, -0.1) is 0 Å². The lowest BCUT2D eigenvalue weighted by molar-refractivity contribution is 0.209. The number of aromatic nitrogens is 1. The van der Waals surface area contributed by atoms with Crippen LogP contribution in [0.1, 0.15) is 0 Å². The zero-order chi connectivity index (χ0) is 17.4. The fourth-order valence-corrected chi connectivity index (χ4v) is 2.40. The van der Waals surface area contributed by atoms with Crippen LogP contribution >= 0.6 is 0 Å². The predicted octanol–water partition coefficient (Wildman–Crippen LogP) is 2.40. The first-order valence-corrected chi connectivity index (χ1v) is 6.77. The summed E-state index contributed by atoms with van der Waals surface area (Å²) in [6.07, 6.45) is -1.37. The normalized spacial score (nSPS) is 10.7. The van der Waals surface area contributed by atoms with Gasteiger partial charge in [-0.05, 0) is 18.2 Å². The highest BCUT2D eigenvalue weighted by molar-refractivity contribution is 5.92. The molecular formula is C16H12N2O6. The number of aromatic amines is 1. The minimum Gasteiger partial charge on any atom is -0.508 e. The van der Waals surface area contributed by atoms with Crippen LogP contribution in [0, 0.1) is 0 Å². The number of rotatable bonds is 2. The van der Waals surface area contributed by atoms with Crippen LogP contribution in [0.4, 0.5) is 10.5 Å². The molecule has 0 aliphatic heterocycles. The minimum atomic E-state index is -1.37. The number of amides is 1. The average molecular weight is 328 g/mol. The van der Waals surface area contributed by atoms with Crippen LogP contribution < -0.4 is 10.7 Å². The SMILES string of the molecule is O=C(O)Nc1cc(O)c(O)cc1-c1cc(=O)c2ccc(O)cc2[nH]1. The number of carboxylic acid groups (broad SMARTS) is 1. The van der Waals surface area contributed by atoms with Gasteiger partial charge in [-0.1, -0.05) is 0 Å². The Hall–Kier alpha value is -3.68. The molecular weight excluding hydrogens is 316 g/mol. The van der Waals surface area contributed by atoms with E-state index in [0.29, 0.717) is 10.9 Å². The topological polar surface area (TPSA) is 143 Å². The van der Waals surface area contributed by atoms with Crippen LogP contribution in [-0.2, 0) is 0 Å². The zero-order valence-electron chi connectivity index (χ0n) is 12.1. The lowest BCUT2D eigenvalue weighted by Crippen LogP contribution is -2.09. The first kappa shape index (κ1) is 15.2. The zero-order valence-corrected chi connectivity index (χ0v) is 12.1. The number of pyridine rings is 1. The second kappa shape index (κ2) is 5.51. The Morgan fingerprint density at radius 2 is 1.71 bits per heavy atom. The van der Waals surface area contributed by atoms with Gasteiger partial charge in [0, 0.05) is 29.1 Å². The van der Waals surface area contributed by atoms with Crippen LogP contribution in [0.5, 0.6) is 17.2 Å². The largest absolute Gasteiger partial charge is 0.508 e. The molecule has 2 aromatic carbocycles. The number of hydrogen-bond acceptors (Lipinski definition) is 5. The molecule has 0 unspecified atom stereocenters. The van der Waals surface area contributed by atoms with Crippen molar-refractivity contribution in [2.75, 3.05) is 5.32 Å². The van der Waals surface area contributed by atoms with Crippen LogP contribution in [0.15, 0.2) is 41.2 Å². The number of H-pyrrole nitrogens is 1. The fraction of sp³-hybridized carbons (Fsp3) is 0. The molecule has 0 spiro atoms. The van der Waals surface area contributed by atoms with Crippen LogP contribution in [-0.4, -0.2) is 31.5 Å². The maximum Gasteiger partial charge on any atom is 0.409 e. The number of phenols is 3. The van der Waals surface area contributed by atoms with E-state index in [1.807, 2.05) is 0 Å². The Kier molecular flexibility index (Phi) is 3.49. The van der Waals surface area contributed by atoms with E-state index < -0.39 is 17.6 Å². The van der Waals surface area contributed by atoms with Crippen LogP contribution in [0.3, 0.4) is 0 Å². The Labute approximate surface area is 134 Å². The van der Waals surface area contributed by atoms with Crippen molar-refractivity contribution in [3.8, 4) is 28.5 Å². The summed E-state index contributed by atoms with van der Waals surface area (Å²) in [6.45, 7) is 0. The van der Waals surface area contributed by atoms with Gasteiger partial charge in [0.15, 0.2) is 16.9 Å². The third-order valence-corrected chi connectivity index (χ3v) is 3.46. The summed E-state index contributed by atoms with van der Waals surface area (Å²) >= 11 is 0. The van der Waals surface area contributed by atoms with Gasteiger partial charge < -0.3 is 25.4 Å². The molecule has 0 radical (unpaired) electrons. The standard InChI is InChI=1S/C16H12N2O6/c19-7-1-2-8-10(3-7)17-11(5-13(8)20)9-4-14(21)15(22)6-12(9)18-16(23)24/h1-6,18-19,21-22H,(H,17,20)(H,23,24). The van der Waals surface area contributed by atoms with Gasteiger partial charge in [0.1, 0.15) is 5.75 Å². The van der Waals surface area contributed by atoms with Gasteiger partial charge >= 0.3 is 6.09 Å². The molecule has 3 rings (SSSR count). The summed E-state index contributed by atoms with van der Waals surface area (Å²) in [5.74, 6) is -1.03. The molecule has 0 fully saturated rings. The molecule has 0 saturated carbocycles. The van der Waals surface area contributed by atoms with Crippen LogP contribution in [0.2, 0.25) is 0 Å². The van der Waals surface area contributed by atoms with E-state index in [4.69, 9.17) is 5.11 Å². The molecule has 1 heterocycles. The minimum absolute atomic E-state index is 0.0204. The third-order valence-electron chi connectivity index (χ3n) is 3.46. The molecule has 24 heavy (non-hydrogen) atoms. The number of anilines is 1. The van der Waals surface area contributed by atoms with Crippen molar-refractivity contribution in [3.05, 3.63) is 46.6 Å². The van der Waals surface area contributed by atoms with Gasteiger partial charge in [-0.3, -0.25) is 10.1 Å². The molecule has 8 heteroatoms. The molecule has 0 saturated heterocycles. The number of fused-ring (bicyclic) bond motifs is 1. The lowest BCUT2D eigenvalue weighted by atomic mass is 10.1. The number of nitrogens with one attached hydrogen (secondary N) is 2. The molecule has 6 N–H and O–H groups in total. The highest BCUT2D eigenvalue weighted by Gasteiger charge is 2.14. The molecule has 0 aliphatic rings. The fourth-order valence-electron chi connectivity index (χ4n) is 2.40. The molecule has 0 atom stereocenters. The molecule has 1 aromatic heterocycles. The van der Waals surface area contributed by atoms with E-state index in [0.717, 1.165) is 12.1 Å². The number of phenolic OH excluding ortho intramolecular Hbond substituents is 3. The maximum atomic E-state index is 12.2. The molecule has 0 aliphatic carbocycles. The van der Waals surface area contributed by atoms with Gasteiger partial charge in [-0.25, -0.2) is 4.79 Å². The summed E-state index contributed by atoms with van der Waals surface area (Å²) in [6, 6.07) is 7.58. The van der Waals surface area contributed by atoms with E-state index in [-0.39, 0.29) is 28.1 Å². The van der Waals surface area contributed by atoms with E-state index in [9.17, 15) is 24.9 Å². The van der Waals surface area contributed by atoms with Crippen molar-refractivity contribution in [1.29, 1.82) is 0 Å². The Bertz CT molecular complexity index is 1020. The predicted molar refractivity (Wildman–Crippen MR) is 86.6 cm³/mol. The molecule has 8 nitrogen and oxygen atoms in total. The van der Waals surface area contributed by atoms with Crippen molar-refractivity contribution < 1.29 is 25.2 Å². The summed E-state index contributed by atoms with van der Waals surface area (Å²) in [5, 5.41) is 40.1. The quantitative estimate of drug-likeness (QED) is 0.315. The second-order valence-electron chi connectivity index (χ2n) is 5.09. The van der Waals surface area contributed by atoms with E-state index in [1.165, 1.54) is 24.3 Å². The lowest BCUT2D eigenvalue weighted by Gasteiger charge is -2.12. The molecule has 3 aromatic rings. The first-order valence-electron chi connectivity index (χ1n) is 6.77. The molecule has 0 bridgehead atoms. The average Bonchev–Trinajstić information content (AvgIpc) is 2.49. The third kappa shape index (κ3) is 2.68. The first-order chi connectivity index (χ1) is 11.3. The smallest absolute Gasteiger partial charge is 0.409 e. The van der Waals surface area contributed by atoms with Crippen molar-refractivity contribution in [2.45, 2.75) is 0 Å². The van der Waals surface area contributed by atoms with Crippen molar-refractivity contribution in [3.63, 3.8) is 0 Å². The highest BCUT2D eigenvalue weighted by Crippen LogP contribution is 2.37.